The van der Waals surface area contributed by atoms with Gasteiger partial charge in [0.1, 0.15) is 6.61 Å². The van der Waals surface area contributed by atoms with Crippen molar-refractivity contribution in [2.45, 2.75) is 37.9 Å². The van der Waals surface area contributed by atoms with Crippen LogP contribution in [0.4, 0.5) is 4.79 Å². The van der Waals surface area contributed by atoms with Crippen LogP contribution in [0.25, 0.3) is 0 Å². The maximum absolute atomic E-state index is 12.3. The van der Waals surface area contributed by atoms with E-state index in [0.717, 1.165) is 0 Å². The molecule has 0 aliphatic carbocycles. The highest BCUT2D eigenvalue weighted by atomic mass is 16.5. The number of nitrogens with zero attached hydrogens (tertiary/aromatic N) is 2. The lowest BCUT2D eigenvalue weighted by atomic mass is 10.1. The predicted molar refractivity (Wildman–Crippen MR) is 70.4 cm³/mol. The van der Waals surface area contributed by atoms with Gasteiger partial charge in [-0.1, -0.05) is 0 Å². The summed E-state index contributed by atoms with van der Waals surface area (Å²) in [5, 5.41) is 18.4. The first kappa shape index (κ1) is 15.1. The molecule has 2 N–H and O–H groups in total. The van der Waals surface area contributed by atoms with Crippen molar-refractivity contribution in [3.05, 3.63) is 0 Å². The lowest BCUT2D eigenvalue weighted by Crippen LogP contribution is -2.48. The number of urea groups is 1. The number of piperidine rings is 1. The van der Waals surface area contributed by atoms with Crippen molar-refractivity contribution in [3.8, 4) is 0 Å². The third-order valence-electron chi connectivity index (χ3n) is 3.88. The zero-order valence-electron chi connectivity index (χ0n) is 11.7. The summed E-state index contributed by atoms with van der Waals surface area (Å²) in [6.45, 7) is 3.56. The Labute approximate surface area is 118 Å². The second-order valence-electron chi connectivity index (χ2n) is 5.84. The molecule has 0 aromatic carbocycles. The number of carbonyl (C=O) groups excluding carboxylic acids is 1. The van der Waals surface area contributed by atoms with Crippen LogP contribution in [0.15, 0.2) is 0 Å². The van der Waals surface area contributed by atoms with Crippen molar-refractivity contribution < 1.29 is 24.5 Å². The first-order chi connectivity index (χ1) is 9.37. The third-order valence-corrected chi connectivity index (χ3v) is 3.88. The maximum Gasteiger partial charge on any atom is 0.329 e. The zero-order chi connectivity index (χ0) is 14.8. The minimum atomic E-state index is -0.970. The fourth-order valence-electron chi connectivity index (χ4n) is 2.71. The van der Waals surface area contributed by atoms with E-state index in [4.69, 9.17) is 9.84 Å². The average molecular weight is 286 g/mol. The Bertz CT molecular complexity index is 377. The van der Waals surface area contributed by atoms with E-state index < -0.39 is 11.6 Å². The van der Waals surface area contributed by atoms with Crippen LogP contribution in [0.5, 0.6) is 0 Å². The van der Waals surface area contributed by atoms with Gasteiger partial charge in [0, 0.05) is 19.6 Å². The van der Waals surface area contributed by atoms with Gasteiger partial charge in [-0.2, -0.15) is 0 Å². The smallest absolute Gasteiger partial charge is 0.329 e. The molecule has 0 radical (unpaired) electrons. The molecule has 0 spiro atoms. The number of amides is 2. The molecule has 2 heterocycles. The summed E-state index contributed by atoms with van der Waals surface area (Å²) in [6.07, 6.45) is 1.83. The molecule has 7 heteroatoms. The summed E-state index contributed by atoms with van der Waals surface area (Å²) < 4.78 is 5.24. The molecule has 0 aromatic rings. The van der Waals surface area contributed by atoms with Gasteiger partial charge in [-0.3, -0.25) is 0 Å². The van der Waals surface area contributed by atoms with E-state index in [1.807, 2.05) is 0 Å². The van der Waals surface area contributed by atoms with Crippen molar-refractivity contribution in [2.24, 2.45) is 0 Å². The molecule has 114 valence electrons. The molecule has 2 amide bonds. The van der Waals surface area contributed by atoms with E-state index in [-0.39, 0.29) is 18.7 Å². The van der Waals surface area contributed by atoms with E-state index in [1.54, 1.807) is 16.7 Å². The number of ether oxygens (including phenoxy) is 1. The molecule has 2 rings (SSSR count). The first-order valence-electron chi connectivity index (χ1n) is 6.97. The van der Waals surface area contributed by atoms with Crippen molar-refractivity contribution in [3.63, 3.8) is 0 Å². The highest BCUT2D eigenvalue weighted by Crippen LogP contribution is 2.23. The summed E-state index contributed by atoms with van der Waals surface area (Å²) >= 11 is 0. The average Bonchev–Trinajstić information content (AvgIpc) is 2.76. The number of hydrogen-bond acceptors (Lipinski definition) is 4. The SMILES string of the molecule is CC1(O)CCN(C(=O)N2CCC(OCC(=O)O)CC2)C1. The van der Waals surface area contributed by atoms with Gasteiger partial charge in [0.2, 0.25) is 0 Å². The molecular weight excluding hydrogens is 264 g/mol. The monoisotopic (exact) mass is 286 g/mol. The van der Waals surface area contributed by atoms with E-state index in [2.05, 4.69) is 0 Å². The second kappa shape index (κ2) is 5.97. The predicted octanol–water partition coefficient (Wildman–Crippen LogP) is 0.129. The highest BCUT2D eigenvalue weighted by molar-refractivity contribution is 5.75. The number of rotatable bonds is 3. The number of aliphatic carboxylic acids is 1. The quantitative estimate of drug-likeness (QED) is 0.769. The summed E-state index contributed by atoms with van der Waals surface area (Å²) in [5.41, 5.74) is -0.779. The minimum absolute atomic E-state index is 0.0422. The molecule has 7 nitrogen and oxygen atoms in total. The van der Waals surface area contributed by atoms with Crippen LogP contribution in [0, 0.1) is 0 Å². The zero-order valence-corrected chi connectivity index (χ0v) is 11.7. The number of hydrogen-bond donors (Lipinski definition) is 2. The fraction of sp³-hybridized carbons (Fsp3) is 0.846. The number of carboxylic acids is 1. The van der Waals surface area contributed by atoms with Gasteiger partial charge in [0.05, 0.1) is 18.2 Å². The Morgan fingerprint density at radius 1 is 1.25 bits per heavy atom. The molecule has 0 saturated carbocycles. The number of aliphatic hydroxyl groups is 1. The topological polar surface area (TPSA) is 90.3 Å². The number of carboxylic acid groups (broad SMARTS) is 1. The Kier molecular flexibility index (Phi) is 4.49. The molecule has 0 aromatic heterocycles. The van der Waals surface area contributed by atoms with Crippen LogP contribution in [0.3, 0.4) is 0 Å². The molecular formula is C13H22N2O5. The largest absolute Gasteiger partial charge is 0.480 e. The van der Waals surface area contributed by atoms with Crippen LogP contribution in [-0.4, -0.2) is 76.5 Å². The third kappa shape index (κ3) is 3.83. The van der Waals surface area contributed by atoms with Crippen LogP contribution in [0.1, 0.15) is 26.2 Å². The van der Waals surface area contributed by atoms with Gasteiger partial charge in [-0.15, -0.1) is 0 Å². The van der Waals surface area contributed by atoms with E-state index in [0.29, 0.717) is 45.4 Å². The van der Waals surface area contributed by atoms with Crippen molar-refractivity contribution in [1.82, 2.24) is 9.80 Å². The van der Waals surface area contributed by atoms with Crippen molar-refractivity contribution >= 4 is 12.0 Å². The molecule has 2 aliphatic heterocycles. The maximum atomic E-state index is 12.3. The fourth-order valence-corrected chi connectivity index (χ4v) is 2.71. The van der Waals surface area contributed by atoms with Gasteiger partial charge in [0.15, 0.2) is 0 Å². The van der Waals surface area contributed by atoms with Crippen LogP contribution in [0.2, 0.25) is 0 Å². The molecule has 0 bridgehead atoms. The first-order valence-corrected chi connectivity index (χ1v) is 6.97. The summed E-state index contributed by atoms with van der Waals surface area (Å²) in [7, 11) is 0. The molecule has 2 aliphatic rings. The van der Waals surface area contributed by atoms with E-state index in [1.165, 1.54) is 0 Å². The second-order valence-corrected chi connectivity index (χ2v) is 5.84. The van der Waals surface area contributed by atoms with Crippen LogP contribution < -0.4 is 0 Å². The van der Waals surface area contributed by atoms with Gasteiger partial charge >= 0.3 is 12.0 Å². The lowest BCUT2D eigenvalue weighted by Gasteiger charge is -2.34. The normalized spacial score (nSPS) is 27.9. The summed E-state index contributed by atoms with van der Waals surface area (Å²) in [6, 6.07) is -0.0422. The summed E-state index contributed by atoms with van der Waals surface area (Å²) in [4.78, 5) is 26.1. The van der Waals surface area contributed by atoms with E-state index in [9.17, 15) is 14.7 Å². The Morgan fingerprint density at radius 2 is 1.90 bits per heavy atom. The molecule has 2 fully saturated rings. The minimum Gasteiger partial charge on any atom is -0.480 e. The summed E-state index contributed by atoms with van der Waals surface area (Å²) in [5.74, 6) is -0.970. The molecule has 2 saturated heterocycles. The van der Waals surface area contributed by atoms with E-state index >= 15 is 0 Å². The Balaban J connectivity index is 1.76. The van der Waals surface area contributed by atoms with Gasteiger partial charge in [-0.25, -0.2) is 9.59 Å². The Morgan fingerprint density at radius 3 is 2.40 bits per heavy atom. The molecule has 20 heavy (non-hydrogen) atoms. The van der Waals surface area contributed by atoms with Crippen molar-refractivity contribution in [1.29, 1.82) is 0 Å². The number of β-amino-alcohol motifs (C(OH)–C–C–N with tert-alkyl or cyclic N) is 1. The van der Waals surface area contributed by atoms with Crippen LogP contribution in [-0.2, 0) is 9.53 Å². The van der Waals surface area contributed by atoms with Gasteiger partial charge in [-0.05, 0) is 26.2 Å². The standard InChI is InChI=1S/C13H22N2O5/c1-13(19)4-7-15(9-13)12(18)14-5-2-10(3-6-14)20-8-11(16)17/h10,19H,2-9H2,1H3,(H,16,17). The van der Waals surface area contributed by atoms with Crippen molar-refractivity contribution in [2.75, 3.05) is 32.8 Å². The molecule has 1 unspecified atom stereocenters. The Hall–Kier alpha value is -1.34. The lowest BCUT2D eigenvalue weighted by molar-refractivity contribution is -0.145. The highest BCUT2D eigenvalue weighted by Gasteiger charge is 2.36. The van der Waals surface area contributed by atoms with Gasteiger partial charge < -0.3 is 24.7 Å². The molecule has 1 atom stereocenters. The number of likely N-dealkylation sites (tertiary alicyclic amines) is 2. The van der Waals surface area contributed by atoms with Gasteiger partial charge in [0.25, 0.3) is 0 Å². The number of carbonyl (C=O) groups is 2. The van der Waals surface area contributed by atoms with Crippen LogP contribution >= 0.6 is 0 Å².